The second-order valence-electron chi connectivity index (χ2n) is 13.9. The Morgan fingerprint density at radius 1 is 0.621 bits per heavy atom. The van der Waals surface area contributed by atoms with Crippen molar-refractivity contribution in [2.24, 2.45) is 0 Å². The van der Waals surface area contributed by atoms with E-state index >= 15 is 0 Å². The maximum atomic E-state index is 13.2. The van der Waals surface area contributed by atoms with Gasteiger partial charge in [-0.3, -0.25) is 29.4 Å². The first-order valence-corrected chi connectivity index (χ1v) is 20.8. The summed E-state index contributed by atoms with van der Waals surface area (Å²) >= 11 is 0. The molecule has 322 valence electrons. The Morgan fingerprint density at radius 3 is 1.72 bits per heavy atom. The number of benzene rings is 2. The van der Waals surface area contributed by atoms with Crippen molar-refractivity contribution in [3.63, 3.8) is 0 Å². The van der Waals surface area contributed by atoms with Crippen LogP contribution in [0.25, 0.3) is 0 Å². The average Bonchev–Trinajstić information content (AvgIpc) is 3.48. The van der Waals surface area contributed by atoms with Crippen LogP contribution >= 0.6 is 0 Å². The van der Waals surface area contributed by atoms with Gasteiger partial charge >= 0.3 is 0 Å². The van der Waals surface area contributed by atoms with Gasteiger partial charge in [0.15, 0.2) is 0 Å². The molecule has 4 amide bonds. The lowest BCUT2D eigenvalue weighted by Crippen LogP contribution is -2.54. The first-order chi connectivity index (χ1) is 28.5. The van der Waals surface area contributed by atoms with Crippen LogP contribution in [-0.2, 0) is 49.2 Å². The van der Waals surface area contributed by atoms with Crippen LogP contribution in [0.4, 0.5) is 5.69 Å². The van der Waals surface area contributed by atoms with Gasteiger partial charge in [0.25, 0.3) is 11.8 Å². The number of nitrogens with zero attached hydrogens (tertiary/aromatic N) is 1. The summed E-state index contributed by atoms with van der Waals surface area (Å²) in [5.74, 6) is -1.29. The molecule has 2 heterocycles. The van der Waals surface area contributed by atoms with Crippen molar-refractivity contribution >= 4 is 29.3 Å². The molecule has 0 saturated carbocycles. The van der Waals surface area contributed by atoms with Crippen molar-refractivity contribution in [3.8, 4) is 5.75 Å². The van der Waals surface area contributed by atoms with E-state index in [1.165, 1.54) is 44.1 Å². The number of aryl methyl sites for hydroxylation is 1. The minimum absolute atomic E-state index is 0.0680. The zero-order valence-corrected chi connectivity index (χ0v) is 34.1. The Bertz CT molecular complexity index is 1510. The molecule has 2 aromatic carbocycles. The number of fused-ring (bicyclic) bond motifs is 1. The van der Waals surface area contributed by atoms with Gasteiger partial charge < -0.3 is 43.2 Å². The van der Waals surface area contributed by atoms with Gasteiger partial charge in [-0.05, 0) is 49.1 Å². The highest BCUT2D eigenvalue weighted by molar-refractivity contribution is 6.25. The molecule has 1 saturated heterocycles. The summed E-state index contributed by atoms with van der Waals surface area (Å²) in [7, 11) is 0. The lowest BCUT2D eigenvalue weighted by Gasteiger charge is -2.27. The molecule has 2 aliphatic rings. The number of carbonyl (C=O) groups is 4. The predicted octanol–water partition coefficient (Wildman–Crippen LogP) is 4.60. The standard InChI is InChI=1S/C43H63N3O12/c1-2-3-4-5-6-7-9-34-12-14-35(15-13-34)58-33-32-57-31-30-56-29-28-55-27-26-54-25-24-53-23-22-52-21-20-51-19-18-44-37-11-8-10-36-40(37)43(50)46(42(36)49)38-16-17-39(47)45-41(38)48/h8,10-15,38,44H,2-7,9,16-33H2,1H3,(H,45,47,48). The van der Waals surface area contributed by atoms with Gasteiger partial charge in [-0.15, -0.1) is 0 Å². The van der Waals surface area contributed by atoms with E-state index < -0.39 is 29.7 Å². The van der Waals surface area contributed by atoms with Gasteiger partial charge in [0.05, 0.1) is 104 Å². The number of hydrogen-bond donors (Lipinski definition) is 2. The lowest BCUT2D eigenvalue weighted by molar-refractivity contribution is -0.136. The Hall–Kier alpha value is -3.96. The van der Waals surface area contributed by atoms with Crippen LogP contribution in [-0.4, -0.2) is 140 Å². The maximum Gasteiger partial charge on any atom is 0.264 e. The molecule has 0 bridgehead atoms. The van der Waals surface area contributed by atoms with Gasteiger partial charge in [-0.2, -0.15) is 0 Å². The topological polar surface area (TPSA) is 169 Å². The van der Waals surface area contributed by atoms with E-state index in [-0.39, 0.29) is 24.0 Å². The molecule has 2 aliphatic heterocycles. The fourth-order valence-electron chi connectivity index (χ4n) is 6.42. The first-order valence-electron chi connectivity index (χ1n) is 20.8. The second-order valence-corrected chi connectivity index (χ2v) is 13.9. The van der Waals surface area contributed by atoms with Gasteiger partial charge in [0.1, 0.15) is 18.4 Å². The van der Waals surface area contributed by atoms with Crippen molar-refractivity contribution < 1.29 is 57.1 Å². The molecule has 4 rings (SSSR count). The van der Waals surface area contributed by atoms with E-state index in [1.54, 1.807) is 18.2 Å². The molecule has 2 N–H and O–H groups in total. The van der Waals surface area contributed by atoms with Crippen LogP contribution in [0.15, 0.2) is 42.5 Å². The Kier molecular flexibility index (Phi) is 22.9. The van der Waals surface area contributed by atoms with E-state index in [0.29, 0.717) is 111 Å². The predicted molar refractivity (Wildman–Crippen MR) is 216 cm³/mol. The fraction of sp³-hybridized carbons (Fsp3) is 0.628. The molecule has 0 aromatic heterocycles. The molecule has 0 aliphatic carbocycles. The molecule has 1 fully saturated rings. The van der Waals surface area contributed by atoms with Gasteiger partial charge in [-0.1, -0.05) is 57.2 Å². The van der Waals surface area contributed by atoms with Gasteiger partial charge in [0, 0.05) is 18.7 Å². The number of ether oxygens (including phenoxy) is 8. The summed E-state index contributed by atoms with van der Waals surface area (Å²) in [5, 5.41) is 5.34. The highest BCUT2D eigenvalue weighted by atomic mass is 16.6. The van der Waals surface area contributed by atoms with Crippen LogP contribution in [0.1, 0.15) is 84.6 Å². The number of amides is 4. The molecular weight excluding hydrogens is 750 g/mol. The van der Waals surface area contributed by atoms with Crippen LogP contribution in [0, 0.1) is 0 Å². The van der Waals surface area contributed by atoms with Crippen LogP contribution in [0.3, 0.4) is 0 Å². The fourth-order valence-corrected chi connectivity index (χ4v) is 6.42. The number of rotatable bonds is 34. The second kappa shape index (κ2) is 28.5. The first kappa shape index (κ1) is 46.7. The van der Waals surface area contributed by atoms with E-state index in [9.17, 15) is 19.2 Å². The number of unbranched alkanes of at least 4 members (excludes halogenated alkanes) is 5. The summed E-state index contributed by atoms with van der Waals surface area (Å²) in [6, 6.07) is 12.3. The van der Waals surface area contributed by atoms with Gasteiger partial charge in [0.2, 0.25) is 11.8 Å². The number of piperidine rings is 1. The zero-order chi connectivity index (χ0) is 41.0. The Morgan fingerprint density at radius 2 is 1.16 bits per heavy atom. The highest BCUT2D eigenvalue weighted by Gasteiger charge is 2.45. The molecule has 1 unspecified atom stereocenters. The maximum absolute atomic E-state index is 13.2. The SMILES string of the molecule is CCCCCCCCc1ccc(OCCOCCOCCOCCOCCOCCOCCOCCNc2cccc3c2C(=O)N(C2CCC(=O)NC2=O)C3=O)cc1. The smallest absolute Gasteiger partial charge is 0.264 e. The number of anilines is 1. The summed E-state index contributed by atoms with van der Waals surface area (Å²) in [4.78, 5) is 50.9. The molecule has 0 spiro atoms. The van der Waals surface area contributed by atoms with E-state index in [4.69, 9.17) is 37.9 Å². The third-order valence-corrected chi connectivity index (χ3v) is 9.50. The summed E-state index contributed by atoms with van der Waals surface area (Å²) in [5.41, 5.74) is 2.28. The molecule has 2 aromatic rings. The third kappa shape index (κ3) is 17.1. The summed E-state index contributed by atoms with van der Waals surface area (Å²) in [6.07, 6.45) is 9.18. The van der Waals surface area contributed by atoms with Crippen molar-refractivity contribution in [1.29, 1.82) is 0 Å². The minimum Gasteiger partial charge on any atom is -0.491 e. The summed E-state index contributed by atoms with van der Waals surface area (Å²) < 4.78 is 44.6. The number of hydrogen-bond acceptors (Lipinski definition) is 13. The van der Waals surface area contributed by atoms with Crippen LogP contribution < -0.4 is 15.4 Å². The van der Waals surface area contributed by atoms with E-state index in [2.05, 4.69) is 29.7 Å². The molecule has 15 heteroatoms. The molecule has 58 heavy (non-hydrogen) atoms. The molecule has 15 nitrogen and oxygen atoms in total. The highest BCUT2D eigenvalue weighted by Crippen LogP contribution is 2.32. The van der Waals surface area contributed by atoms with Crippen molar-refractivity contribution in [3.05, 3.63) is 59.2 Å². The minimum atomic E-state index is -1.01. The quantitative estimate of drug-likeness (QED) is 0.0744. The number of nitrogens with one attached hydrogen (secondary N) is 2. The van der Waals surface area contributed by atoms with Crippen LogP contribution in [0.5, 0.6) is 5.75 Å². The normalized spacial score (nSPS) is 15.3. The lowest BCUT2D eigenvalue weighted by atomic mass is 10.0. The Balaban J connectivity index is 0.857. The monoisotopic (exact) mass is 813 g/mol. The summed E-state index contributed by atoms with van der Waals surface area (Å²) in [6.45, 7) is 9.47. The van der Waals surface area contributed by atoms with Crippen molar-refractivity contribution in [2.75, 3.05) is 111 Å². The molecule has 1 atom stereocenters. The van der Waals surface area contributed by atoms with Crippen molar-refractivity contribution in [1.82, 2.24) is 10.2 Å². The number of carbonyl (C=O) groups excluding carboxylic acids is 4. The van der Waals surface area contributed by atoms with Crippen molar-refractivity contribution in [2.45, 2.75) is 70.8 Å². The van der Waals surface area contributed by atoms with E-state index in [1.807, 2.05) is 12.1 Å². The number of imide groups is 2. The molecular formula is C43H63N3O12. The molecule has 0 radical (unpaired) electrons. The zero-order valence-electron chi connectivity index (χ0n) is 34.1. The Labute approximate surface area is 342 Å². The largest absolute Gasteiger partial charge is 0.491 e. The van der Waals surface area contributed by atoms with Gasteiger partial charge in [-0.25, -0.2) is 0 Å². The third-order valence-electron chi connectivity index (χ3n) is 9.50. The van der Waals surface area contributed by atoms with E-state index in [0.717, 1.165) is 17.1 Å². The van der Waals surface area contributed by atoms with Crippen LogP contribution in [0.2, 0.25) is 0 Å². The average molecular weight is 814 g/mol.